The summed E-state index contributed by atoms with van der Waals surface area (Å²) in [7, 11) is 0. The quantitative estimate of drug-likeness (QED) is 0.736. The van der Waals surface area contributed by atoms with Crippen LogP contribution in [-0.4, -0.2) is 61.4 Å². The Labute approximate surface area is 159 Å². The molecule has 1 atom stereocenters. The number of carbonyl (C=O) groups excluding carboxylic acids is 3. The predicted octanol–water partition coefficient (Wildman–Crippen LogP) is 1.89. The van der Waals surface area contributed by atoms with Gasteiger partial charge in [-0.3, -0.25) is 19.3 Å². The molecule has 146 valence electrons. The van der Waals surface area contributed by atoms with Crippen LogP contribution in [0.2, 0.25) is 0 Å². The average Bonchev–Trinajstić information content (AvgIpc) is 2.69. The van der Waals surface area contributed by atoms with E-state index in [1.54, 1.807) is 30.0 Å². The number of carbonyl (C=O) groups is 3. The van der Waals surface area contributed by atoms with Gasteiger partial charge in [-0.05, 0) is 24.1 Å². The van der Waals surface area contributed by atoms with Crippen LogP contribution < -0.4 is 9.64 Å². The number of amides is 2. The third-order valence-corrected chi connectivity index (χ3v) is 4.92. The highest BCUT2D eigenvalue weighted by atomic mass is 16.5. The number of morpholine rings is 1. The van der Waals surface area contributed by atoms with Crippen LogP contribution in [0.15, 0.2) is 18.2 Å². The van der Waals surface area contributed by atoms with E-state index in [1.165, 1.54) is 4.90 Å². The Hall–Kier alpha value is -2.41. The van der Waals surface area contributed by atoms with Crippen molar-refractivity contribution in [3.63, 3.8) is 0 Å². The number of fused-ring (bicyclic) bond motifs is 1. The summed E-state index contributed by atoms with van der Waals surface area (Å²) in [6, 6.07) is 5.08. The van der Waals surface area contributed by atoms with Gasteiger partial charge in [-0.15, -0.1) is 0 Å². The molecule has 2 aliphatic heterocycles. The molecule has 0 aromatic heterocycles. The van der Waals surface area contributed by atoms with Crippen molar-refractivity contribution in [2.75, 3.05) is 37.7 Å². The van der Waals surface area contributed by atoms with Gasteiger partial charge in [-0.25, -0.2) is 0 Å². The lowest BCUT2D eigenvalue weighted by Crippen LogP contribution is -2.53. The van der Waals surface area contributed by atoms with Crippen molar-refractivity contribution < 1.29 is 23.9 Å². The lowest BCUT2D eigenvalue weighted by Gasteiger charge is -2.37. The highest BCUT2D eigenvalue weighted by Gasteiger charge is 2.38. The molecule has 1 unspecified atom stereocenters. The first-order chi connectivity index (χ1) is 12.9. The van der Waals surface area contributed by atoms with E-state index in [1.807, 2.05) is 13.8 Å². The third kappa shape index (κ3) is 3.98. The Bertz CT molecular complexity index is 740. The molecule has 27 heavy (non-hydrogen) atoms. The Balaban J connectivity index is 1.93. The average molecular weight is 374 g/mol. The lowest BCUT2D eigenvalue weighted by molar-refractivity contribution is -0.136. The number of Topliss-reactive ketones (excluding diaryl/α,β-unsaturated/α-hetero) is 1. The number of rotatable bonds is 5. The first-order valence-electron chi connectivity index (χ1n) is 9.43. The van der Waals surface area contributed by atoms with Crippen LogP contribution in [0.4, 0.5) is 5.69 Å². The maximum absolute atomic E-state index is 13.0. The molecule has 0 saturated carbocycles. The van der Waals surface area contributed by atoms with Gasteiger partial charge in [-0.2, -0.15) is 0 Å². The van der Waals surface area contributed by atoms with Gasteiger partial charge in [0.25, 0.3) is 5.91 Å². The Morgan fingerprint density at radius 2 is 1.93 bits per heavy atom. The fraction of sp³-hybridized carbons (Fsp3) is 0.550. The van der Waals surface area contributed by atoms with Gasteiger partial charge in [0.2, 0.25) is 5.91 Å². The molecule has 1 aromatic rings. The van der Waals surface area contributed by atoms with Crippen molar-refractivity contribution >= 4 is 23.3 Å². The molecule has 7 heteroatoms. The number of hydrogen-bond acceptors (Lipinski definition) is 5. The molecule has 0 radical (unpaired) electrons. The molecule has 1 fully saturated rings. The summed E-state index contributed by atoms with van der Waals surface area (Å²) in [5.41, 5.74) is 0.997. The van der Waals surface area contributed by atoms with Crippen LogP contribution in [-0.2, 0) is 14.3 Å². The Morgan fingerprint density at radius 1 is 1.22 bits per heavy atom. The number of ether oxygens (including phenoxy) is 2. The lowest BCUT2D eigenvalue weighted by atomic mass is 10.0. The second-order valence-corrected chi connectivity index (χ2v) is 7.16. The molecule has 3 rings (SSSR count). The molecule has 2 heterocycles. The van der Waals surface area contributed by atoms with E-state index in [9.17, 15) is 14.4 Å². The molecule has 2 amide bonds. The van der Waals surface area contributed by atoms with Gasteiger partial charge in [0.05, 0.1) is 18.9 Å². The molecule has 1 aromatic carbocycles. The van der Waals surface area contributed by atoms with E-state index in [-0.39, 0.29) is 30.1 Å². The highest BCUT2D eigenvalue weighted by molar-refractivity contribution is 6.05. The van der Waals surface area contributed by atoms with E-state index in [2.05, 4.69) is 0 Å². The second kappa shape index (κ2) is 8.08. The number of anilines is 1. The molecule has 7 nitrogen and oxygen atoms in total. The van der Waals surface area contributed by atoms with Gasteiger partial charge in [-0.1, -0.05) is 20.8 Å². The SMILES string of the molecule is CCC(=O)c1ccc2c(c1)N(CC(=O)N1CCOCC1)C(=O)C(C(C)C)O2. The molecular formula is C20H26N2O5. The van der Waals surface area contributed by atoms with Gasteiger partial charge >= 0.3 is 0 Å². The van der Waals surface area contributed by atoms with Crippen LogP contribution in [0.5, 0.6) is 5.75 Å². The first-order valence-corrected chi connectivity index (χ1v) is 9.43. The number of benzene rings is 1. The molecule has 0 aliphatic carbocycles. The number of ketones is 1. The van der Waals surface area contributed by atoms with Crippen molar-refractivity contribution in [2.24, 2.45) is 5.92 Å². The second-order valence-electron chi connectivity index (χ2n) is 7.16. The third-order valence-electron chi connectivity index (χ3n) is 4.92. The summed E-state index contributed by atoms with van der Waals surface area (Å²) >= 11 is 0. The normalized spacial score (nSPS) is 19.7. The zero-order chi connectivity index (χ0) is 19.6. The van der Waals surface area contributed by atoms with Gasteiger partial charge in [0, 0.05) is 25.1 Å². The molecule has 1 saturated heterocycles. The zero-order valence-electron chi connectivity index (χ0n) is 16.1. The number of hydrogen-bond donors (Lipinski definition) is 0. The summed E-state index contributed by atoms with van der Waals surface area (Å²) < 4.78 is 11.2. The fourth-order valence-electron chi connectivity index (χ4n) is 3.30. The maximum Gasteiger partial charge on any atom is 0.268 e. The smallest absolute Gasteiger partial charge is 0.268 e. The minimum atomic E-state index is -0.650. The molecule has 0 spiro atoms. The van der Waals surface area contributed by atoms with E-state index in [4.69, 9.17) is 9.47 Å². The number of nitrogens with zero attached hydrogens (tertiary/aromatic N) is 2. The summed E-state index contributed by atoms with van der Waals surface area (Å²) in [6.07, 6.45) is -0.280. The topological polar surface area (TPSA) is 76.2 Å². The summed E-state index contributed by atoms with van der Waals surface area (Å²) in [5, 5.41) is 0. The summed E-state index contributed by atoms with van der Waals surface area (Å²) in [4.78, 5) is 41.0. The van der Waals surface area contributed by atoms with Gasteiger partial charge in [0.1, 0.15) is 12.3 Å². The standard InChI is InChI=1S/C20H26N2O5/c1-4-16(23)14-5-6-17-15(11-14)22(20(25)19(27-17)13(2)3)12-18(24)21-7-9-26-10-8-21/h5-6,11,13,19H,4,7-10,12H2,1-3H3. The first kappa shape index (κ1) is 19.4. The predicted molar refractivity (Wildman–Crippen MR) is 100 cm³/mol. The summed E-state index contributed by atoms with van der Waals surface area (Å²) in [6.45, 7) is 7.58. The summed E-state index contributed by atoms with van der Waals surface area (Å²) in [5.74, 6) is 0.0874. The van der Waals surface area contributed by atoms with E-state index in [0.29, 0.717) is 49.7 Å². The maximum atomic E-state index is 13.0. The van der Waals surface area contributed by atoms with Crippen molar-refractivity contribution in [2.45, 2.75) is 33.3 Å². The van der Waals surface area contributed by atoms with Gasteiger partial charge in [0.15, 0.2) is 11.9 Å². The molecule has 0 N–H and O–H groups in total. The molecular weight excluding hydrogens is 348 g/mol. The van der Waals surface area contributed by atoms with Crippen molar-refractivity contribution in [1.29, 1.82) is 0 Å². The minimum absolute atomic E-state index is 0.0179. The van der Waals surface area contributed by atoms with Crippen LogP contribution in [0, 0.1) is 5.92 Å². The van der Waals surface area contributed by atoms with Crippen LogP contribution in [0.25, 0.3) is 0 Å². The molecule has 2 aliphatic rings. The highest BCUT2D eigenvalue weighted by Crippen LogP contribution is 2.36. The van der Waals surface area contributed by atoms with Crippen molar-refractivity contribution in [3.8, 4) is 5.75 Å². The Morgan fingerprint density at radius 3 is 2.56 bits per heavy atom. The minimum Gasteiger partial charge on any atom is -0.478 e. The van der Waals surface area contributed by atoms with E-state index < -0.39 is 6.10 Å². The van der Waals surface area contributed by atoms with Crippen LogP contribution >= 0.6 is 0 Å². The molecule has 0 bridgehead atoms. The van der Waals surface area contributed by atoms with Crippen molar-refractivity contribution in [1.82, 2.24) is 4.90 Å². The fourth-order valence-corrected chi connectivity index (χ4v) is 3.30. The largest absolute Gasteiger partial charge is 0.478 e. The van der Waals surface area contributed by atoms with Crippen LogP contribution in [0.3, 0.4) is 0 Å². The zero-order valence-corrected chi connectivity index (χ0v) is 16.1. The van der Waals surface area contributed by atoms with Crippen molar-refractivity contribution in [3.05, 3.63) is 23.8 Å². The van der Waals surface area contributed by atoms with E-state index in [0.717, 1.165) is 0 Å². The Kier molecular flexibility index (Phi) is 5.79. The monoisotopic (exact) mass is 374 g/mol. The van der Waals surface area contributed by atoms with Crippen LogP contribution in [0.1, 0.15) is 37.6 Å². The van der Waals surface area contributed by atoms with E-state index >= 15 is 0 Å². The van der Waals surface area contributed by atoms with Gasteiger partial charge < -0.3 is 14.4 Å².